The van der Waals surface area contributed by atoms with Gasteiger partial charge in [0.05, 0.1) is 0 Å². The third-order valence-electron chi connectivity index (χ3n) is 2.71. The Kier molecular flexibility index (Phi) is 2.82. The van der Waals surface area contributed by atoms with Gasteiger partial charge >= 0.3 is 0 Å². The SMILES string of the molecule is CCc1ccc(-c2cc(O)ccc2N)cc1. The van der Waals surface area contributed by atoms with Gasteiger partial charge in [-0.3, -0.25) is 0 Å². The van der Waals surface area contributed by atoms with Gasteiger partial charge in [-0.25, -0.2) is 0 Å². The minimum Gasteiger partial charge on any atom is -0.508 e. The number of aromatic hydroxyl groups is 1. The smallest absolute Gasteiger partial charge is 0.116 e. The van der Waals surface area contributed by atoms with Crippen LogP contribution in [0.3, 0.4) is 0 Å². The summed E-state index contributed by atoms with van der Waals surface area (Å²) in [6.45, 7) is 2.12. The first-order chi connectivity index (χ1) is 7.70. The van der Waals surface area contributed by atoms with Crippen LogP contribution in [-0.4, -0.2) is 5.11 Å². The van der Waals surface area contributed by atoms with Crippen molar-refractivity contribution in [2.75, 3.05) is 5.73 Å². The number of phenolic OH excluding ortho intramolecular Hbond substituents is 1. The predicted molar refractivity (Wildman–Crippen MR) is 67.3 cm³/mol. The average Bonchev–Trinajstić information content (AvgIpc) is 2.32. The van der Waals surface area contributed by atoms with E-state index in [-0.39, 0.29) is 5.75 Å². The first kappa shape index (κ1) is 10.6. The Morgan fingerprint density at radius 2 is 1.75 bits per heavy atom. The third-order valence-corrected chi connectivity index (χ3v) is 2.71. The van der Waals surface area contributed by atoms with Crippen LogP contribution in [-0.2, 0) is 6.42 Å². The molecule has 2 rings (SSSR count). The van der Waals surface area contributed by atoms with Crippen LogP contribution in [0.5, 0.6) is 5.75 Å². The Balaban J connectivity index is 2.45. The Morgan fingerprint density at radius 3 is 2.38 bits per heavy atom. The molecule has 0 aromatic heterocycles. The molecule has 0 radical (unpaired) electrons. The summed E-state index contributed by atoms with van der Waals surface area (Å²) < 4.78 is 0. The summed E-state index contributed by atoms with van der Waals surface area (Å²) >= 11 is 0. The summed E-state index contributed by atoms with van der Waals surface area (Å²) in [5.74, 6) is 0.240. The summed E-state index contributed by atoms with van der Waals surface area (Å²) in [6, 6.07) is 13.2. The molecule has 2 heteroatoms. The Hall–Kier alpha value is -1.96. The molecule has 0 unspecified atom stereocenters. The fourth-order valence-electron chi connectivity index (χ4n) is 1.71. The summed E-state index contributed by atoms with van der Waals surface area (Å²) in [7, 11) is 0. The van der Waals surface area contributed by atoms with Crippen molar-refractivity contribution in [2.45, 2.75) is 13.3 Å². The van der Waals surface area contributed by atoms with E-state index in [1.165, 1.54) is 5.56 Å². The zero-order valence-electron chi connectivity index (χ0n) is 9.27. The second kappa shape index (κ2) is 4.27. The topological polar surface area (TPSA) is 46.2 Å². The van der Waals surface area contributed by atoms with E-state index in [1.54, 1.807) is 18.2 Å². The Labute approximate surface area is 95.4 Å². The van der Waals surface area contributed by atoms with E-state index in [0.717, 1.165) is 17.5 Å². The fourth-order valence-corrected chi connectivity index (χ4v) is 1.71. The maximum absolute atomic E-state index is 9.44. The van der Waals surface area contributed by atoms with Crippen LogP contribution in [0.25, 0.3) is 11.1 Å². The number of hydrogen-bond donors (Lipinski definition) is 2. The summed E-state index contributed by atoms with van der Waals surface area (Å²) in [4.78, 5) is 0. The van der Waals surface area contributed by atoms with Gasteiger partial charge in [-0.15, -0.1) is 0 Å². The van der Waals surface area contributed by atoms with Crippen LogP contribution in [0.4, 0.5) is 5.69 Å². The molecule has 3 N–H and O–H groups in total. The van der Waals surface area contributed by atoms with Crippen molar-refractivity contribution in [3.63, 3.8) is 0 Å². The quantitative estimate of drug-likeness (QED) is 0.594. The van der Waals surface area contributed by atoms with Crippen molar-refractivity contribution >= 4 is 5.69 Å². The van der Waals surface area contributed by atoms with Crippen molar-refractivity contribution in [2.24, 2.45) is 0 Å². The largest absolute Gasteiger partial charge is 0.508 e. The first-order valence-corrected chi connectivity index (χ1v) is 5.38. The lowest BCUT2D eigenvalue weighted by molar-refractivity contribution is 0.475. The molecule has 2 nitrogen and oxygen atoms in total. The van der Waals surface area contributed by atoms with Gasteiger partial charge in [-0.1, -0.05) is 31.2 Å². The zero-order chi connectivity index (χ0) is 11.5. The molecule has 2 aromatic rings. The number of nitrogens with two attached hydrogens (primary N) is 1. The highest BCUT2D eigenvalue weighted by Gasteiger charge is 2.03. The maximum atomic E-state index is 9.44. The molecule has 0 saturated carbocycles. The molecule has 0 aliphatic carbocycles. The van der Waals surface area contributed by atoms with Gasteiger partial charge in [0.1, 0.15) is 5.75 Å². The van der Waals surface area contributed by atoms with E-state index in [0.29, 0.717) is 5.69 Å². The van der Waals surface area contributed by atoms with Crippen LogP contribution in [0, 0.1) is 0 Å². The highest BCUT2D eigenvalue weighted by molar-refractivity contribution is 5.77. The van der Waals surface area contributed by atoms with Gasteiger partial charge in [0, 0.05) is 11.3 Å². The molecule has 0 aliphatic rings. The minimum absolute atomic E-state index is 0.240. The van der Waals surface area contributed by atoms with Gasteiger partial charge < -0.3 is 10.8 Å². The predicted octanol–water partition coefficient (Wildman–Crippen LogP) is 3.20. The second-order valence-corrected chi connectivity index (χ2v) is 3.82. The van der Waals surface area contributed by atoms with Gasteiger partial charge in [-0.05, 0) is 35.7 Å². The van der Waals surface area contributed by atoms with Crippen LogP contribution in [0.1, 0.15) is 12.5 Å². The number of benzene rings is 2. The molecule has 16 heavy (non-hydrogen) atoms. The van der Waals surface area contributed by atoms with Crippen LogP contribution < -0.4 is 5.73 Å². The lowest BCUT2D eigenvalue weighted by Crippen LogP contribution is -1.90. The Bertz CT molecular complexity index is 489. The van der Waals surface area contributed by atoms with Gasteiger partial charge in [0.15, 0.2) is 0 Å². The van der Waals surface area contributed by atoms with Crippen LogP contribution in [0.2, 0.25) is 0 Å². The standard InChI is InChI=1S/C14H15NO/c1-2-10-3-5-11(6-4-10)13-9-12(16)7-8-14(13)15/h3-9,16H,2,15H2,1H3. The Morgan fingerprint density at radius 1 is 1.06 bits per heavy atom. The number of anilines is 1. The first-order valence-electron chi connectivity index (χ1n) is 5.38. The number of hydrogen-bond acceptors (Lipinski definition) is 2. The van der Waals surface area contributed by atoms with Crippen molar-refractivity contribution in [1.29, 1.82) is 0 Å². The molecule has 0 spiro atoms. The van der Waals surface area contributed by atoms with Crippen molar-refractivity contribution in [1.82, 2.24) is 0 Å². The highest BCUT2D eigenvalue weighted by Crippen LogP contribution is 2.29. The molecular weight excluding hydrogens is 198 g/mol. The molecule has 0 aliphatic heterocycles. The molecule has 0 amide bonds. The highest BCUT2D eigenvalue weighted by atomic mass is 16.3. The average molecular weight is 213 g/mol. The molecule has 0 atom stereocenters. The van der Waals surface area contributed by atoms with E-state index in [2.05, 4.69) is 19.1 Å². The van der Waals surface area contributed by atoms with Gasteiger partial charge in [-0.2, -0.15) is 0 Å². The number of rotatable bonds is 2. The van der Waals surface area contributed by atoms with Gasteiger partial charge in [0.2, 0.25) is 0 Å². The van der Waals surface area contributed by atoms with E-state index < -0.39 is 0 Å². The number of aryl methyl sites for hydroxylation is 1. The molecule has 0 saturated heterocycles. The summed E-state index contributed by atoms with van der Waals surface area (Å²) in [6.07, 6.45) is 1.02. The van der Waals surface area contributed by atoms with Crippen molar-refractivity contribution in [3.05, 3.63) is 48.0 Å². The monoisotopic (exact) mass is 213 g/mol. The molecule has 0 bridgehead atoms. The van der Waals surface area contributed by atoms with Gasteiger partial charge in [0.25, 0.3) is 0 Å². The van der Waals surface area contributed by atoms with E-state index >= 15 is 0 Å². The summed E-state index contributed by atoms with van der Waals surface area (Å²) in [5.41, 5.74) is 9.77. The number of phenols is 1. The van der Waals surface area contributed by atoms with E-state index in [4.69, 9.17) is 5.73 Å². The maximum Gasteiger partial charge on any atom is 0.116 e. The lowest BCUT2D eigenvalue weighted by atomic mass is 10.0. The minimum atomic E-state index is 0.240. The second-order valence-electron chi connectivity index (χ2n) is 3.82. The van der Waals surface area contributed by atoms with Crippen molar-refractivity contribution in [3.8, 4) is 16.9 Å². The normalized spacial score (nSPS) is 10.3. The summed E-state index contributed by atoms with van der Waals surface area (Å²) in [5, 5.41) is 9.44. The van der Waals surface area contributed by atoms with Crippen LogP contribution >= 0.6 is 0 Å². The number of nitrogen functional groups attached to an aromatic ring is 1. The third kappa shape index (κ3) is 2.01. The molecule has 0 fully saturated rings. The molecular formula is C14H15NO. The fraction of sp³-hybridized carbons (Fsp3) is 0.143. The molecule has 2 aromatic carbocycles. The zero-order valence-corrected chi connectivity index (χ0v) is 9.27. The van der Waals surface area contributed by atoms with Crippen LogP contribution in [0.15, 0.2) is 42.5 Å². The van der Waals surface area contributed by atoms with E-state index in [9.17, 15) is 5.11 Å². The molecule has 82 valence electrons. The van der Waals surface area contributed by atoms with Crippen molar-refractivity contribution < 1.29 is 5.11 Å². The van der Waals surface area contributed by atoms with E-state index in [1.807, 2.05) is 12.1 Å². The molecule has 0 heterocycles. The lowest BCUT2D eigenvalue weighted by Gasteiger charge is -2.07.